The Bertz CT molecular complexity index is 348. The van der Waals surface area contributed by atoms with Gasteiger partial charge < -0.3 is 10.6 Å². The lowest BCUT2D eigenvalue weighted by atomic mass is 9.91. The lowest BCUT2D eigenvalue weighted by Crippen LogP contribution is -2.46. The van der Waals surface area contributed by atoms with E-state index in [9.17, 15) is 4.79 Å². The highest BCUT2D eigenvalue weighted by Gasteiger charge is 2.43. The SMILES string of the molecule is CN(C(=O)C1CC2C=CC1C2)C(CN)C1CC1. The molecule has 2 bridgehead atoms. The second kappa shape index (κ2) is 4.13. The molecule has 0 aromatic carbocycles. The highest BCUT2D eigenvalue weighted by atomic mass is 16.2. The Labute approximate surface area is 103 Å². The Kier molecular flexibility index (Phi) is 2.74. The third-order valence-electron chi connectivity index (χ3n) is 4.85. The van der Waals surface area contributed by atoms with Crippen molar-refractivity contribution in [3.05, 3.63) is 12.2 Å². The number of allylic oxidation sites excluding steroid dienone is 2. The number of carbonyl (C=O) groups is 1. The molecule has 2 saturated carbocycles. The van der Waals surface area contributed by atoms with Gasteiger partial charge in [0, 0.05) is 25.6 Å². The number of fused-ring (bicyclic) bond motifs is 2. The Morgan fingerprint density at radius 2 is 2.18 bits per heavy atom. The van der Waals surface area contributed by atoms with E-state index in [2.05, 4.69) is 12.2 Å². The van der Waals surface area contributed by atoms with Crippen LogP contribution in [0.25, 0.3) is 0 Å². The summed E-state index contributed by atoms with van der Waals surface area (Å²) in [5.41, 5.74) is 5.82. The van der Waals surface area contributed by atoms with Crippen LogP contribution in [0.4, 0.5) is 0 Å². The second-order valence-electron chi connectivity index (χ2n) is 5.98. The monoisotopic (exact) mass is 234 g/mol. The molecule has 2 N–H and O–H groups in total. The minimum absolute atomic E-state index is 0.239. The van der Waals surface area contributed by atoms with Gasteiger partial charge in [-0.25, -0.2) is 0 Å². The van der Waals surface area contributed by atoms with Crippen LogP contribution < -0.4 is 5.73 Å². The zero-order chi connectivity index (χ0) is 12.0. The highest BCUT2D eigenvalue weighted by molar-refractivity contribution is 5.80. The van der Waals surface area contributed by atoms with E-state index in [1.165, 1.54) is 19.3 Å². The molecule has 0 spiro atoms. The number of amides is 1. The van der Waals surface area contributed by atoms with Gasteiger partial charge in [0.05, 0.1) is 0 Å². The van der Waals surface area contributed by atoms with Crippen molar-refractivity contribution in [2.24, 2.45) is 29.4 Å². The first kappa shape index (κ1) is 11.3. The zero-order valence-electron chi connectivity index (χ0n) is 10.5. The summed E-state index contributed by atoms with van der Waals surface area (Å²) in [5.74, 6) is 2.42. The van der Waals surface area contributed by atoms with Gasteiger partial charge in [0.2, 0.25) is 5.91 Å². The molecule has 0 aliphatic heterocycles. The average molecular weight is 234 g/mol. The lowest BCUT2D eigenvalue weighted by Gasteiger charge is -2.31. The highest BCUT2D eigenvalue weighted by Crippen LogP contribution is 2.45. The molecule has 0 aromatic rings. The number of nitrogens with two attached hydrogens (primary N) is 1. The molecule has 2 fully saturated rings. The normalized spacial score (nSPS) is 36.2. The van der Waals surface area contributed by atoms with Gasteiger partial charge in [-0.2, -0.15) is 0 Å². The van der Waals surface area contributed by atoms with Gasteiger partial charge in [-0.3, -0.25) is 4.79 Å². The average Bonchev–Trinajstić information content (AvgIpc) is 2.95. The molecular weight excluding hydrogens is 212 g/mol. The van der Waals surface area contributed by atoms with E-state index in [4.69, 9.17) is 5.73 Å². The number of hydrogen-bond acceptors (Lipinski definition) is 2. The van der Waals surface area contributed by atoms with Crippen molar-refractivity contribution < 1.29 is 4.79 Å². The summed E-state index contributed by atoms with van der Waals surface area (Å²) in [6.07, 6.45) is 9.29. The van der Waals surface area contributed by atoms with Crippen LogP contribution in [0.15, 0.2) is 12.2 Å². The third kappa shape index (κ3) is 1.90. The predicted octanol–water partition coefficient (Wildman–Crippen LogP) is 1.39. The first-order valence-electron chi connectivity index (χ1n) is 6.85. The maximum atomic E-state index is 12.5. The number of hydrogen-bond donors (Lipinski definition) is 1. The summed E-state index contributed by atoms with van der Waals surface area (Å²) in [6.45, 7) is 0.615. The molecule has 3 heteroatoms. The lowest BCUT2D eigenvalue weighted by molar-refractivity contribution is -0.137. The van der Waals surface area contributed by atoms with E-state index in [1.807, 2.05) is 11.9 Å². The first-order chi connectivity index (χ1) is 8.20. The molecule has 3 nitrogen and oxygen atoms in total. The van der Waals surface area contributed by atoms with Crippen LogP contribution in [-0.2, 0) is 4.79 Å². The second-order valence-corrected chi connectivity index (χ2v) is 5.98. The summed E-state index contributed by atoms with van der Waals surface area (Å²) in [4.78, 5) is 14.5. The maximum Gasteiger partial charge on any atom is 0.226 e. The fourth-order valence-corrected chi connectivity index (χ4v) is 3.64. The quantitative estimate of drug-likeness (QED) is 0.747. The molecule has 4 atom stereocenters. The first-order valence-corrected chi connectivity index (χ1v) is 6.85. The van der Waals surface area contributed by atoms with Gasteiger partial charge in [-0.05, 0) is 43.4 Å². The molecule has 0 aromatic heterocycles. The molecule has 3 rings (SSSR count). The van der Waals surface area contributed by atoms with Crippen LogP contribution in [0.5, 0.6) is 0 Å². The van der Waals surface area contributed by atoms with Crippen molar-refractivity contribution in [3.8, 4) is 0 Å². The smallest absolute Gasteiger partial charge is 0.226 e. The van der Waals surface area contributed by atoms with Gasteiger partial charge in [0.25, 0.3) is 0 Å². The van der Waals surface area contributed by atoms with Crippen molar-refractivity contribution in [3.63, 3.8) is 0 Å². The molecule has 94 valence electrons. The molecule has 0 saturated heterocycles. The number of carbonyl (C=O) groups excluding carboxylic acids is 1. The number of likely N-dealkylation sites (N-methyl/N-ethyl adjacent to an activating group) is 1. The van der Waals surface area contributed by atoms with Gasteiger partial charge in [0.1, 0.15) is 0 Å². The molecule has 17 heavy (non-hydrogen) atoms. The molecule has 1 amide bonds. The third-order valence-corrected chi connectivity index (χ3v) is 4.85. The summed E-state index contributed by atoms with van der Waals surface area (Å²) in [5, 5.41) is 0. The number of rotatable bonds is 4. The van der Waals surface area contributed by atoms with Crippen molar-refractivity contribution in [1.29, 1.82) is 0 Å². The van der Waals surface area contributed by atoms with E-state index in [0.717, 1.165) is 6.42 Å². The Morgan fingerprint density at radius 1 is 1.41 bits per heavy atom. The van der Waals surface area contributed by atoms with E-state index in [-0.39, 0.29) is 12.0 Å². The summed E-state index contributed by atoms with van der Waals surface area (Å²) in [6, 6.07) is 0.283. The number of nitrogens with zero attached hydrogens (tertiary/aromatic N) is 1. The van der Waals surface area contributed by atoms with Gasteiger partial charge >= 0.3 is 0 Å². The summed E-state index contributed by atoms with van der Waals surface area (Å²) in [7, 11) is 1.95. The van der Waals surface area contributed by atoms with E-state index in [1.54, 1.807) is 0 Å². The largest absolute Gasteiger partial charge is 0.341 e. The summed E-state index contributed by atoms with van der Waals surface area (Å²) < 4.78 is 0. The van der Waals surface area contributed by atoms with E-state index >= 15 is 0 Å². The van der Waals surface area contributed by atoms with Crippen molar-refractivity contribution in [2.75, 3.05) is 13.6 Å². The van der Waals surface area contributed by atoms with Crippen LogP contribution in [-0.4, -0.2) is 30.4 Å². The fraction of sp³-hybridized carbons (Fsp3) is 0.786. The molecule has 3 aliphatic carbocycles. The maximum absolute atomic E-state index is 12.5. The van der Waals surface area contributed by atoms with Crippen LogP contribution in [0.2, 0.25) is 0 Å². The Morgan fingerprint density at radius 3 is 2.65 bits per heavy atom. The van der Waals surface area contributed by atoms with Crippen molar-refractivity contribution in [2.45, 2.75) is 31.7 Å². The molecule has 3 aliphatic rings. The van der Waals surface area contributed by atoms with E-state index < -0.39 is 0 Å². The molecule has 4 unspecified atom stereocenters. The van der Waals surface area contributed by atoms with Gasteiger partial charge in [0.15, 0.2) is 0 Å². The zero-order valence-corrected chi connectivity index (χ0v) is 10.5. The minimum Gasteiger partial charge on any atom is -0.341 e. The van der Waals surface area contributed by atoms with Gasteiger partial charge in [-0.1, -0.05) is 12.2 Å². The van der Waals surface area contributed by atoms with Crippen LogP contribution in [0.1, 0.15) is 25.7 Å². The molecule has 0 radical (unpaired) electrons. The fourth-order valence-electron chi connectivity index (χ4n) is 3.64. The van der Waals surface area contributed by atoms with Crippen molar-refractivity contribution >= 4 is 5.91 Å². The van der Waals surface area contributed by atoms with Crippen LogP contribution >= 0.6 is 0 Å². The van der Waals surface area contributed by atoms with Crippen LogP contribution in [0, 0.1) is 23.7 Å². The Balaban J connectivity index is 1.67. The predicted molar refractivity (Wildman–Crippen MR) is 67.2 cm³/mol. The minimum atomic E-state index is 0.239. The molecular formula is C14H22N2O. The Hall–Kier alpha value is -0.830. The summed E-state index contributed by atoms with van der Waals surface area (Å²) >= 11 is 0. The topological polar surface area (TPSA) is 46.3 Å². The van der Waals surface area contributed by atoms with Crippen LogP contribution in [0.3, 0.4) is 0 Å². The van der Waals surface area contributed by atoms with Crippen molar-refractivity contribution in [1.82, 2.24) is 4.90 Å². The van der Waals surface area contributed by atoms with E-state index in [0.29, 0.717) is 30.2 Å². The standard InChI is InChI=1S/C14H22N2O/c1-16(13(8-15)10-4-5-10)14(17)12-7-9-2-3-11(12)6-9/h2-3,9-13H,4-8,15H2,1H3. The molecule has 0 heterocycles. The van der Waals surface area contributed by atoms with Gasteiger partial charge in [-0.15, -0.1) is 0 Å².